The van der Waals surface area contributed by atoms with Gasteiger partial charge in [-0.15, -0.1) is 0 Å². The van der Waals surface area contributed by atoms with Gasteiger partial charge in [-0.1, -0.05) is 36.8 Å². The standard InChI is InChI=1S/C18H31N3O2/c1-13-6-8-16(9-7-13)17(21(4)5)12-20-18(23)19-11-14(2)10-15(3)22/h6-9,14-15,17,22H,10-12H2,1-5H3,(H2,19,20,23). The van der Waals surface area contributed by atoms with E-state index >= 15 is 0 Å². The number of hydrogen-bond acceptors (Lipinski definition) is 3. The molecule has 3 atom stereocenters. The number of aryl methyl sites for hydroxylation is 1. The molecule has 0 spiro atoms. The predicted octanol–water partition coefficient (Wildman–Crippen LogP) is 2.30. The molecule has 0 fully saturated rings. The maximum absolute atomic E-state index is 11.9. The summed E-state index contributed by atoms with van der Waals surface area (Å²) in [6.45, 7) is 6.96. The molecule has 0 aromatic heterocycles. The molecule has 5 nitrogen and oxygen atoms in total. The van der Waals surface area contributed by atoms with Crippen molar-refractivity contribution in [2.45, 2.75) is 39.3 Å². The lowest BCUT2D eigenvalue weighted by Crippen LogP contribution is -2.42. The van der Waals surface area contributed by atoms with Gasteiger partial charge >= 0.3 is 6.03 Å². The largest absolute Gasteiger partial charge is 0.393 e. The molecule has 0 saturated carbocycles. The van der Waals surface area contributed by atoms with E-state index in [0.29, 0.717) is 19.5 Å². The third kappa shape index (κ3) is 7.48. The van der Waals surface area contributed by atoms with E-state index in [4.69, 9.17) is 0 Å². The molecule has 0 radical (unpaired) electrons. The fraction of sp³-hybridized carbons (Fsp3) is 0.611. The van der Waals surface area contributed by atoms with Crippen molar-refractivity contribution in [3.63, 3.8) is 0 Å². The summed E-state index contributed by atoms with van der Waals surface area (Å²) in [6.07, 6.45) is 0.346. The maximum atomic E-state index is 11.9. The molecule has 23 heavy (non-hydrogen) atoms. The number of carbonyl (C=O) groups excluding carboxylic acids is 1. The number of carbonyl (C=O) groups is 1. The second-order valence-corrected chi connectivity index (χ2v) is 6.67. The Morgan fingerprint density at radius 1 is 1.13 bits per heavy atom. The Labute approximate surface area is 140 Å². The summed E-state index contributed by atoms with van der Waals surface area (Å²) in [4.78, 5) is 14.0. The van der Waals surface area contributed by atoms with Crippen LogP contribution in [0.3, 0.4) is 0 Å². The van der Waals surface area contributed by atoms with Gasteiger partial charge in [-0.25, -0.2) is 4.79 Å². The van der Waals surface area contributed by atoms with Crippen molar-refractivity contribution >= 4 is 6.03 Å². The van der Waals surface area contributed by atoms with Crippen molar-refractivity contribution in [1.82, 2.24) is 15.5 Å². The second kappa shape index (κ2) is 9.53. The van der Waals surface area contributed by atoms with Gasteiger partial charge in [-0.2, -0.15) is 0 Å². The van der Waals surface area contributed by atoms with E-state index in [0.717, 1.165) is 0 Å². The van der Waals surface area contributed by atoms with Crippen molar-refractivity contribution in [2.24, 2.45) is 5.92 Å². The Balaban J connectivity index is 2.46. The maximum Gasteiger partial charge on any atom is 0.314 e. The van der Waals surface area contributed by atoms with Crippen molar-refractivity contribution in [2.75, 3.05) is 27.2 Å². The molecule has 130 valence electrons. The zero-order chi connectivity index (χ0) is 17.4. The highest BCUT2D eigenvalue weighted by molar-refractivity contribution is 5.73. The summed E-state index contributed by atoms with van der Waals surface area (Å²) in [5.41, 5.74) is 2.41. The van der Waals surface area contributed by atoms with Gasteiger partial charge in [-0.3, -0.25) is 0 Å². The molecule has 5 heteroatoms. The fourth-order valence-electron chi connectivity index (χ4n) is 2.57. The number of nitrogens with zero attached hydrogens (tertiary/aromatic N) is 1. The molecule has 0 aliphatic carbocycles. The zero-order valence-corrected chi connectivity index (χ0v) is 15.0. The molecule has 3 unspecified atom stereocenters. The Bertz CT molecular complexity index is 472. The normalized spacial score (nSPS) is 15.1. The number of benzene rings is 1. The number of aliphatic hydroxyl groups is 1. The molecule has 2 amide bonds. The van der Waals surface area contributed by atoms with Crippen molar-refractivity contribution in [3.05, 3.63) is 35.4 Å². The number of aliphatic hydroxyl groups excluding tert-OH is 1. The highest BCUT2D eigenvalue weighted by Gasteiger charge is 2.15. The molecule has 1 aromatic rings. The summed E-state index contributed by atoms with van der Waals surface area (Å²) in [7, 11) is 4.02. The molecule has 0 aliphatic rings. The van der Waals surface area contributed by atoms with Crippen LogP contribution in [0.25, 0.3) is 0 Å². The predicted molar refractivity (Wildman–Crippen MR) is 94.5 cm³/mol. The van der Waals surface area contributed by atoms with Crippen LogP contribution in [0, 0.1) is 12.8 Å². The van der Waals surface area contributed by atoms with E-state index in [2.05, 4.69) is 46.7 Å². The fourth-order valence-corrected chi connectivity index (χ4v) is 2.57. The van der Waals surface area contributed by atoms with E-state index in [1.807, 2.05) is 21.0 Å². The van der Waals surface area contributed by atoms with E-state index in [-0.39, 0.29) is 24.1 Å². The van der Waals surface area contributed by atoms with Crippen LogP contribution in [0.15, 0.2) is 24.3 Å². The third-order valence-electron chi connectivity index (χ3n) is 3.90. The lowest BCUT2D eigenvalue weighted by atomic mass is 10.0. The number of urea groups is 1. The summed E-state index contributed by atoms with van der Waals surface area (Å²) < 4.78 is 0. The molecule has 0 bridgehead atoms. The Morgan fingerprint density at radius 3 is 2.22 bits per heavy atom. The first-order valence-corrected chi connectivity index (χ1v) is 8.22. The van der Waals surface area contributed by atoms with Gasteiger partial charge in [0.25, 0.3) is 0 Å². The molecule has 0 saturated heterocycles. The van der Waals surface area contributed by atoms with Crippen LogP contribution < -0.4 is 10.6 Å². The quantitative estimate of drug-likeness (QED) is 0.688. The molecule has 1 aromatic carbocycles. The van der Waals surface area contributed by atoms with Gasteiger partial charge in [0.2, 0.25) is 0 Å². The monoisotopic (exact) mass is 321 g/mol. The van der Waals surface area contributed by atoms with E-state index < -0.39 is 0 Å². The smallest absolute Gasteiger partial charge is 0.314 e. The average molecular weight is 321 g/mol. The van der Waals surface area contributed by atoms with Crippen LogP contribution >= 0.6 is 0 Å². The van der Waals surface area contributed by atoms with Crippen LogP contribution in [0.2, 0.25) is 0 Å². The van der Waals surface area contributed by atoms with Crippen LogP contribution in [0.4, 0.5) is 4.79 Å². The first-order valence-electron chi connectivity index (χ1n) is 8.22. The molecule has 1 rings (SSSR count). The lowest BCUT2D eigenvalue weighted by Gasteiger charge is -2.25. The van der Waals surface area contributed by atoms with Gasteiger partial charge in [0.15, 0.2) is 0 Å². The van der Waals surface area contributed by atoms with Crippen LogP contribution in [0.1, 0.15) is 37.4 Å². The molecular weight excluding hydrogens is 290 g/mol. The SMILES string of the molecule is Cc1ccc(C(CNC(=O)NCC(C)CC(C)O)N(C)C)cc1. The zero-order valence-electron chi connectivity index (χ0n) is 15.0. The molecule has 0 aliphatic heterocycles. The van der Waals surface area contributed by atoms with E-state index in [1.165, 1.54) is 11.1 Å². The van der Waals surface area contributed by atoms with Gasteiger partial charge in [0.1, 0.15) is 0 Å². The number of rotatable bonds is 8. The van der Waals surface area contributed by atoms with Crippen LogP contribution in [-0.2, 0) is 0 Å². The van der Waals surface area contributed by atoms with E-state index in [9.17, 15) is 9.90 Å². The first kappa shape index (κ1) is 19.5. The summed E-state index contributed by atoms with van der Waals surface area (Å²) in [6, 6.07) is 8.35. The molecular formula is C18H31N3O2. The highest BCUT2D eigenvalue weighted by atomic mass is 16.3. The average Bonchev–Trinajstić information content (AvgIpc) is 2.46. The number of nitrogens with one attached hydrogen (secondary N) is 2. The number of hydrogen-bond donors (Lipinski definition) is 3. The minimum absolute atomic E-state index is 0.135. The van der Waals surface area contributed by atoms with Gasteiger partial charge in [-0.05, 0) is 45.8 Å². The summed E-state index contributed by atoms with van der Waals surface area (Å²) in [5, 5.41) is 15.1. The minimum atomic E-state index is -0.338. The van der Waals surface area contributed by atoms with Crippen LogP contribution in [-0.4, -0.2) is 49.3 Å². The van der Waals surface area contributed by atoms with E-state index in [1.54, 1.807) is 6.92 Å². The van der Waals surface area contributed by atoms with Crippen molar-refractivity contribution in [1.29, 1.82) is 0 Å². The van der Waals surface area contributed by atoms with Gasteiger partial charge in [0.05, 0.1) is 12.1 Å². The van der Waals surface area contributed by atoms with Crippen molar-refractivity contribution < 1.29 is 9.90 Å². The summed E-state index contributed by atoms with van der Waals surface area (Å²) >= 11 is 0. The summed E-state index contributed by atoms with van der Waals surface area (Å²) in [5.74, 6) is 0.252. The second-order valence-electron chi connectivity index (χ2n) is 6.67. The third-order valence-corrected chi connectivity index (χ3v) is 3.90. The van der Waals surface area contributed by atoms with Crippen LogP contribution in [0.5, 0.6) is 0 Å². The molecule has 0 heterocycles. The minimum Gasteiger partial charge on any atom is -0.393 e. The Morgan fingerprint density at radius 2 is 1.70 bits per heavy atom. The van der Waals surface area contributed by atoms with Crippen molar-refractivity contribution in [3.8, 4) is 0 Å². The number of amides is 2. The topological polar surface area (TPSA) is 64.6 Å². The highest BCUT2D eigenvalue weighted by Crippen LogP contribution is 2.17. The molecule has 3 N–H and O–H groups in total. The first-order chi connectivity index (χ1) is 10.8. The Kier molecular flexibility index (Phi) is 8.06. The lowest BCUT2D eigenvalue weighted by molar-refractivity contribution is 0.163. The Hall–Kier alpha value is -1.59. The van der Waals surface area contributed by atoms with Gasteiger partial charge < -0.3 is 20.6 Å². The van der Waals surface area contributed by atoms with Gasteiger partial charge in [0, 0.05) is 13.1 Å². The number of likely N-dealkylation sites (N-methyl/N-ethyl adjacent to an activating group) is 1.